The molecule has 0 bridgehead atoms. The molecule has 0 radical (unpaired) electrons. The van der Waals surface area contributed by atoms with Crippen LogP contribution in [0.25, 0.3) is 21.8 Å². The third kappa shape index (κ3) is 2.23. The summed E-state index contributed by atoms with van der Waals surface area (Å²) in [6, 6.07) is 10.9. The van der Waals surface area contributed by atoms with E-state index >= 15 is 0 Å². The van der Waals surface area contributed by atoms with Gasteiger partial charge in [0.15, 0.2) is 5.75 Å². The van der Waals surface area contributed by atoms with Gasteiger partial charge in [-0.1, -0.05) is 18.2 Å². The van der Waals surface area contributed by atoms with E-state index in [4.69, 9.17) is 9.47 Å². The van der Waals surface area contributed by atoms with E-state index in [1.165, 1.54) is 20.1 Å². The molecule has 3 aromatic rings. The quantitative estimate of drug-likeness (QED) is 0.580. The number of carbonyl (C=O) groups excluding carboxylic acids is 2. The number of esters is 2. The van der Waals surface area contributed by atoms with E-state index in [0.29, 0.717) is 16.8 Å². The zero-order chi connectivity index (χ0) is 15.0. The van der Waals surface area contributed by atoms with E-state index in [0.717, 1.165) is 16.3 Å². The summed E-state index contributed by atoms with van der Waals surface area (Å²) in [4.78, 5) is 26.3. The van der Waals surface area contributed by atoms with Gasteiger partial charge in [0.05, 0.1) is 18.2 Å². The van der Waals surface area contributed by atoms with Gasteiger partial charge in [0, 0.05) is 23.2 Å². The molecular formula is C16H13NO4. The second-order valence-electron chi connectivity index (χ2n) is 4.65. The zero-order valence-electron chi connectivity index (χ0n) is 11.6. The number of hydrogen-bond donors (Lipinski definition) is 1. The molecule has 0 aliphatic carbocycles. The lowest BCUT2D eigenvalue weighted by atomic mass is 10.1. The number of benzene rings is 2. The smallest absolute Gasteiger partial charge is 0.338 e. The molecule has 0 fully saturated rings. The number of aromatic nitrogens is 1. The number of fused-ring (bicyclic) bond motifs is 3. The van der Waals surface area contributed by atoms with E-state index in [1.807, 2.05) is 24.3 Å². The molecule has 0 aliphatic rings. The van der Waals surface area contributed by atoms with Crippen molar-refractivity contribution in [2.45, 2.75) is 6.92 Å². The molecule has 5 heteroatoms. The summed E-state index contributed by atoms with van der Waals surface area (Å²) >= 11 is 0. The topological polar surface area (TPSA) is 68.4 Å². The van der Waals surface area contributed by atoms with Gasteiger partial charge in [0.25, 0.3) is 0 Å². The summed E-state index contributed by atoms with van der Waals surface area (Å²) in [5.41, 5.74) is 1.92. The highest BCUT2D eigenvalue weighted by Crippen LogP contribution is 2.33. The van der Waals surface area contributed by atoms with Crippen molar-refractivity contribution in [1.82, 2.24) is 4.98 Å². The molecule has 1 N–H and O–H groups in total. The van der Waals surface area contributed by atoms with Crippen LogP contribution < -0.4 is 4.74 Å². The van der Waals surface area contributed by atoms with Crippen LogP contribution in [-0.2, 0) is 9.53 Å². The minimum atomic E-state index is -0.476. The van der Waals surface area contributed by atoms with E-state index in [9.17, 15) is 9.59 Å². The van der Waals surface area contributed by atoms with Crippen molar-refractivity contribution in [1.29, 1.82) is 0 Å². The molecule has 2 aromatic carbocycles. The van der Waals surface area contributed by atoms with E-state index in [1.54, 1.807) is 6.07 Å². The van der Waals surface area contributed by atoms with Crippen LogP contribution in [0.4, 0.5) is 0 Å². The summed E-state index contributed by atoms with van der Waals surface area (Å²) in [7, 11) is 1.31. The summed E-state index contributed by atoms with van der Waals surface area (Å²) < 4.78 is 9.96. The van der Waals surface area contributed by atoms with Crippen molar-refractivity contribution in [2.75, 3.05) is 7.11 Å². The van der Waals surface area contributed by atoms with Crippen LogP contribution >= 0.6 is 0 Å². The molecule has 1 heterocycles. The number of aromatic amines is 1. The highest BCUT2D eigenvalue weighted by atomic mass is 16.5. The first-order chi connectivity index (χ1) is 10.1. The molecule has 3 rings (SSSR count). The fourth-order valence-electron chi connectivity index (χ4n) is 2.39. The molecule has 21 heavy (non-hydrogen) atoms. The van der Waals surface area contributed by atoms with Gasteiger partial charge in [-0.15, -0.1) is 0 Å². The maximum atomic E-state index is 11.8. The molecular weight excluding hydrogens is 270 g/mol. The Labute approximate surface area is 120 Å². The first-order valence-corrected chi connectivity index (χ1v) is 6.41. The zero-order valence-corrected chi connectivity index (χ0v) is 11.6. The Morgan fingerprint density at radius 1 is 1.10 bits per heavy atom. The minimum Gasteiger partial charge on any atom is -0.465 e. The second-order valence-corrected chi connectivity index (χ2v) is 4.65. The van der Waals surface area contributed by atoms with Gasteiger partial charge in [0.1, 0.15) is 0 Å². The van der Waals surface area contributed by atoms with Crippen molar-refractivity contribution >= 4 is 33.7 Å². The number of ether oxygens (including phenoxy) is 2. The highest BCUT2D eigenvalue weighted by molar-refractivity contribution is 6.11. The first-order valence-electron chi connectivity index (χ1n) is 6.41. The first kappa shape index (κ1) is 13.2. The standard InChI is InChI=1S/C16H13NO4/c1-9(18)21-14-8-10(16(19)20-2)7-12-11-5-3-4-6-13(11)17-15(12)14/h3-8,17H,1-2H3. The van der Waals surface area contributed by atoms with Gasteiger partial charge in [-0.05, 0) is 18.2 Å². The summed E-state index contributed by atoms with van der Waals surface area (Å²) in [5, 5.41) is 1.76. The predicted octanol–water partition coefficient (Wildman–Crippen LogP) is 3.03. The lowest BCUT2D eigenvalue weighted by Gasteiger charge is -2.06. The summed E-state index contributed by atoms with van der Waals surface area (Å²) in [5.74, 6) is -0.607. The molecule has 0 spiro atoms. The number of methoxy groups -OCH3 is 1. The second kappa shape index (κ2) is 4.94. The molecule has 0 saturated heterocycles. The van der Waals surface area contributed by atoms with Crippen LogP contribution in [0.2, 0.25) is 0 Å². The Morgan fingerprint density at radius 3 is 2.57 bits per heavy atom. The third-order valence-corrected chi connectivity index (χ3v) is 3.25. The Balaban J connectivity index is 2.35. The molecule has 5 nitrogen and oxygen atoms in total. The molecule has 0 amide bonds. The van der Waals surface area contributed by atoms with E-state index in [2.05, 4.69) is 4.98 Å². The maximum absolute atomic E-state index is 11.8. The summed E-state index contributed by atoms with van der Waals surface area (Å²) in [6.45, 7) is 1.32. The molecule has 106 valence electrons. The van der Waals surface area contributed by atoms with Crippen LogP contribution in [0, 0.1) is 0 Å². The Morgan fingerprint density at radius 2 is 1.86 bits per heavy atom. The number of hydrogen-bond acceptors (Lipinski definition) is 4. The molecule has 0 atom stereocenters. The largest absolute Gasteiger partial charge is 0.465 e. The van der Waals surface area contributed by atoms with Crippen LogP contribution in [-0.4, -0.2) is 24.0 Å². The van der Waals surface area contributed by atoms with Crippen LogP contribution in [0.3, 0.4) is 0 Å². The van der Waals surface area contributed by atoms with Crippen LogP contribution in [0.1, 0.15) is 17.3 Å². The maximum Gasteiger partial charge on any atom is 0.338 e. The lowest BCUT2D eigenvalue weighted by Crippen LogP contribution is -2.05. The number of H-pyrrole nitrogens is 1. The minimum absolute atomic E-state index is 0.316. The van der Waals surface area contributed by atoms with Gasteiger partial charge in [-0.2, -0.15) is 0 Å². The SMILES string of the molecule is COC(=O)c1cc(OC(C)=O)c2[nH]c3ccccc3c2c1. The van der Waals surface area contributed by atoms with Crippen LogP contribution in [0.5, 0.6) is 5.75 Å². The average Bonchev–Trinajstić information content (AvgIpc) is 2.85. The van der Waals surface area contributed by atoms with Gasteiger partial charge >= 0.3 is 11.9 Å². The molecule has 1 aromatic heterocycles. The Hall–Kier alpha value is -2.82. The normalized spacial score (nSPS) is 10.8. The van der Waals surface area contributed by atoms with E-state index in [-0.39, 0.29) is 0 Å². The molecule has 0 saturated carbocycles. The van der Waals surface area contributed by atoms with Crippen LogP contribution in [0.15, 0.2) is 36.4 Å². The number of nitrogens with one attached hydrogen (secondary N) is 1. The number of para-hydroxylation sites is 1. The van der Waals surface area contributed by atoms with Crippen molar-refractivity contribution in [3.05, 3.63) is 42.0 Å². The highest BCUT2D eigenvalue weighted by Gasteiger charge is 2.16. The van der Waals surface area contributed by atoms with Crippen molar-refractivity contribution in [3.63, 3.8) is 0 Å². The number of carbonyl (C=O) groups is 2. The predicted molar refractivity (Wildman–Crippen MR) is 78.5 cm³/mol. The molecule has 0 unspecified atom stereocenters. The van der Waals surface area contributed by atoms with Crippen molar-refractivity contribution in [2.24, 2.45) is 0 Å². The van der Waals surface area contributed by atoms with Crippen molar-refractivity contribution < 1.29 is 19.1 Å². The number of rotatable bonds is 2. The average molecular weight is 283 g/mol. The monoisotopic (exact) mass is 283 g/mol. The summed E-state index contributed by atoms with van der Waals surface area (Å²) in [6.07, 6.45) is 0. The van der Waals surface area contributed by atoms with Gasteiger partial charge in [-0.25, -0.2) is 4.79 Å². The van der Waals surface area contributed by atoms with Crippen molar-refractivity contribution in [3.8, 4) is 5.75 Å². The van der Waals surface area contributed by atoms with Gasteiger partial charge < -0.3 is 14.5 Å². The Bertz CT molecular complexity index is 863. The van der Waals surface area contributed by atoms with Gasteiger partial charge in [0.2, 0.25) is 0 Å². The lowest BCUT2D eigenvalue weighted by molar-refractivity contribution is -0.131. The fourth-order valence-corrected chi connectivity index (χ4v) is 2.39. The Kier molecular flexibility index (Phi) is 3.10. The third-order valence-electron chi connectivity index (χ3n) is 3.25. The molecule has 0 aliphatic heterocycles. The van der Waals surface area contributed by atoms with Gasteiger partial charge in [-0.3, -0.25) is 4.79 Å². The van der Waals surface area contributed by atoms with E-state index < -0.39 is 11.9 Å². The fraction of sp³-hybridized carbons (Fsp3) is 0.125.